The van der Waals surface area contributed by atoms with Crippen LogP contribution in [0.4, 0.5) is 0 Å². The van der Waals surface area contributed by atoms with E-state index in [1.165, 1.54) is 6.26 Å². The SMILES string of the molecule is O=C(c1ccco1)N1CCN(C(=O)C2CNNC2c2ccc(Cl)cc2)CC1. The number of hydrogen-bond acceptors (Lipinski definition) is 5. The van der Waals surface area contributed by atoms with Gasteiger partial charge in [-0.1, -0.05) is 23.7 Å². The molecule has 2 fully saturated rings. The molecule has 0 bridgehead atoms. The molecule has 3 heterocycles. The molecule has 7 nitrogen and oxygen atoms in total. The second kappa shape index (κ2) is 7.72. The molecule has 2 atom stereocenters. The van der Waals surface area contributed by atoms with E-state index in [1.807, 2.05) is 29.2 Å². The third kappa shape index (κ3) is 3.71. The zero-order chi connectivity index (χ0) is 18.8. The van der Waals surface area contributed by atoms with E-state index < -0.39 is 0 Å². The summed E-state index contributed by atoms with van der Waals surface area (Å²) in [7, 11) is 0. The lowest BCUT2D eigenvalue weighted by molar-refractivity contribution is -0.137. The number of piperazine rings is 1. The minimum atomic E-state index is -0.196. The van der Waals surface area contributed by atoms with Crippen molar-refractivity contribution in [1.29, 1.82) is 0 Å². The largest absolute Gasteiger partial charge is 0.459 e. The molecule has 0 aliphatic carbocycles. The van der Waals surface area contributed by atoms with Crippen LogP contribution in [0.25, 0.3) is 0 Å². The molecule has 2 aliphatic rings. The van der Waals surface area contributed by atoms with Gasteiger partial charge < -0.3 is 14.2 Å². The Balaban J connectivity index is 1.38. The molecule has 1 aromatic heterocycles. The van der Waals surface area contributed by atoms with E-state index in [0.717, 1.165) is 5.56 Å². The summed E-state index contributed by atoms with van der Waals surface area (Å²) in [6.45, 7) is 2.62. The Hall–Kier alpha value is -2.35. The first-order valence-corrected chi connectivity index (χ1v) is 9.37. The standard InChI is InChI=1S/C19H21ClN4O3/c20-14-5-3-13(4-6-14)17-15(12-21-22-17)18(25)23-7-9-24(10-8-23)19(26)16-2-1-11-27-16/h1-6,11,15,17,21-22H,7-10,12H2. The van der Waals surface area contributed by atoms with Crippen molar-refractivity contribution in [3.8, 4) is 0 Å². The fraction of sp³-hybridized carbons (Fsp3) is 0.368. The van der Waals surface area contributed by atoms with E-state index in [0.29, 0.717) is 43.5 Å². The van der Waals surface area contributed by atoms with E-state index in [-0.39, 0.29) is 23.8 Å². The predicted molar refractivity (Wildman–Crippen MR) is 100 cm³/mol. The Labute approximate surface area is 162 Å². The van der Waals surface area contributed by atoms with Gasteiger partial charge in [0.1, 0.15) is 0 Å². The van der Waals surface area contributed by atoms with Gasteiger partial charge in [0.2, 0.25) is 5.91 Å². The molecule has 142 valence electrons. The first-order chi connectivity index (χ1) is 13.1. The van der Waals surface area contributed by atoms with Crippen molar-refractivity contribution in [3.05, 3.63) is 59.0 Å². The van der Waals surface area contributed by atoms with Crippen LogP contribution in [0.2, 0.25) is 5.02 Å². The number of nitrogens with zero attached hydrogens (tertiary/aromatic N) is 2. The molecule has 2 saturated heterocycles. The molecule has 2 amide bonds. The van der Waals surface area contributed by atoms with Crippen molar-refractivity contribution in [2.45, 2.75) is 6.04 Å². The molecule has 0 spiro atoms. The smallest absolute Gasteiger partial charge is 0.289 e. The first-order valence-electron chi connectivity index (χ1n) is 8.99. The summed E-state index contributed by atoms with van der Waals surface area (Å²) in [4.78, 5) is 29.0. The van der Waals surface area contributed by atoms with Crippen molar-refractivity contribution in [2.75, 3.05) is 32.7 Å². The van der Waals surface area contributed by atoms with E-state index in [2.05, 4.69) is 10.9 Å². The maximum atomic E-state index is 13.1. The summed E-state index contributed by atoms with van der Waals surface area (Å²) in [5, 5.41) is 0.671. The number of nitrogens with one attached hydrogen (secondary N) is 2. The van der Waals surface area contributed by atoms with Crippen LogP contribution in [0, 0.1) is 5.92 Å². The lowest BCUT2D eigenvalue weighted by atomic mass is 9.93. The zero-order valence-corrected chi connectivity index (χ0v) is 15.5. The molecule has 27 heavy (non-hydrogen) atoms. The number of halogens is 1. The van der Waals surface area contributed by atoms with Crippen LogP contribution in [0.3, 0.4) is 0 Å². The van der Waals surface area contributed by atoms with Gasteiger partial charge in [0.05, 0.1) is 18.2 Å². The maximum Gasteiger partial charge on any atom is 0.289 e. The summed E-state index contributed by atoms with van der Waals surface area (Å²) >= 11 is 5.97. The summed E-state index contributed by atoms with van der Waals surface area (Å²) in [6.07, 6.45) is 1.49. The second-order valence-corrected chi connectivity index (χ2v) is 7.19. The molecular weight excluding hydrogens is 368 g/mol. The number of hydrazine groups is 1. The van der Waals surface area contributed by atoms with Crippen molar-refractivity contribution in [3.63, 3.8) is 0 Å². The number of furan rings is 1. The van der Waals surface area contributed by atoms with Crippen molar-refractivity contribution < 1.29 is 14.0 Å². The maximum absolute atomic E-state index is 13.1. The van der Waals surface area contributed by atoms with Gasteiger partial charge >= 0.3 is 0 Å². The van der Waals surface area contributed by atoms with Crippen LogP contribution >= 0.6 is 11.6 Å². The number of carbonyl (C=O) groups is 2. The molecule has 0 saturated carbocycles. The minimum absolute atomic E-state index is 0.0950. The molecular formula is C19H21ClN4O3. The Morgan fingerprint density at radius 2 is 1.74 bits per heavy atom. The molecule has 2 aliphatic heterocycles. The van der Waals surface area contributed by atoms with Gasteiger partial charge in [-0.25, -0.2) is 5.43 Å². The zero-order valence-electron chi connectivity index (χ0n) is 14.7. The first kappa shape index (κ1) is 18.0. The summed E-state index contributed by atoms with van der Waals surface area (Å²) in [5.41, 5.74) is 7.31. The number of benzene rings is 1. The van der Waals surface area contributed by atoms with E-state index >= 15 is 0 Å². The Kier molecular flexibility index (Phi) is 5.15. The van der Waals surface area contributed by atoms with E-state index in [1.54, 1.807) is 17.0 Å². The highest BCUT2D eigenvalue weighted by Crippen LogP contribution is 2.28. The molecule has 0 radical (unpaired) electrons. The summed E-state index contributed by atoms with van der Waals surface area (Å²) < 4.78 is 5.18. The quantitative estimate of drug-likeness (QED) is 0.836. The minimum Gasteiger partial charge on any atom is -0.459 e. The Bertz CT molecular complexity index is 801. The van der Waals surface area contributed by atoms with Gasteiger partial charge in [-0.3, -0.25) is 15.0 Å². The average Bonchev–Trinajstić information content (AvgIpc) is 3.40. The highest BCUT2D eigenvalue weighted by atomic mass is 35.5. The second-order valence-electron chi connectivity index (χ2n) is 6.76. The number of rotatable bonds is 3. The van der Waals surface area contributed by atoms with Gasteiger partial charge in [0, 0.05) is 37.7 Å². The van der Waals surface area contributed by atoms with Gasteiger partial charge in [0.25, 0.3) is 5.91 Å². The molecule has 2 N–H and O–H groups in total. The van der Waals surface area contributed by atoms with Crippen LogP contribution in [0.15, 0.2) is 47.1 Å². The Morgan fingerprint density at radius 3 is 2.41 bits per heavy atom. The molecule has 4 rings (SSSR count). The molecule has 2 aromatic rings. The monoisotopic (exact) mass is 388 g/mol. The molecule has 8 heteroatoms. The van der Waals surface area contributed by atoms with Crippen LogP contribution in [0.5, 0.6) is 0 Å². The topological polar surface area (TPSA) is 77.8 Å². The third-order valence-corrected chi connectivity index (χ3v) is 5.39. The predicted octanol–water partition coefficient (Wildman–Crippen LogP) is 1.68. The van der Waals surface area contributed by atoms with Gasteiger partial charge in [0.15, 0.2) is 5.76 Å². The Morgan fingerprint density at radius 1 is 1.04 bits per heavy atom. The summed E-state index contributed by atoms with van der Waals surface area (Å²) in [6, 6.07) is 10.8. The van der Waals surface area contributed by atoms with Gasteiger partial charge in [-0.15, -0.1) is 0 Å². The third-order valence-electron chi connectivity index (χ3n) is 5.14. The van der Waals surface area contributed by atoms with Crippen molar-refractivity contribution >= 4 is 23.4 Å². The van der Waals surface area contributed by atoms with Crippen LogP contribution < -0.4 is 10.9 Å². The van der Waals surface area contributed by atoms with Crippen LogP contribution in [-0.2, 0) is 4.79 Å². The summed E-state index contributed by atoms with van der Waals surface area (Å²) in [5.74, 6) is 0.105. The fourth-order valence-electron chi connectivity index (χ4n) is 3.63. The fourth-order valence-corrected chi connectivity index (χ4v) is 3.76. The van der Waals surface area contributed by atoms with Gasteiger partial charge in [-0.2, -0.15) is 0 Å². The van der Waals surface area contributed by atoms with Crippen LogP contribution in [-0.4, -0.2) is 54.3 Å². The van der Waals surface area contributed by atoms with Crippen molar-refractivity contribution in [1.82, 2.24) is 20.7 Å². The normalized spacial score (nSPS) is 22.9. The van der Waals surface area contributed by atoms with Crippen molar-refractivity contribution in [2.24, 2.45) is 5.92 Å². The number of carbonyl (C=O) groups excluding carboxylic acids is 2. The lowest BCUT2D eigenvalue weighted by Gasteiger charge is -2.36. The lowest BCUT2D eigenvalue weighted by Crippen LogP contribution is -2.52. The van der Waals surface area contributed by atoms with Crippen LogP contribution in [0.1, 0.15) is 22.2 Å². The molecule has 2 unspecified atom stereocenters. The van der Waals surface area contributed by atoms with E-state index in [4.69, 9.17) is 16.0 Å². The number of hydrogen-bond donors (Lipinski definition) is 2. The average molecular weight is 389 g/mol. The highest BCUT2D eigenvalue weighted by molar-refractivity contribution is 6.30. The molecule has 1 aromatic carbocycles. The highest BCUT2D eigenvalue weighted by Gasteiger charge is 2.37. The number of amides is 2. The van der Waals surface area contributed by atoms with Gasteiger partial charge in [-0.05, 0) is 29.8 Å². The van der Waals surface area contributed by atoms with E-state index in [9.17, 15) is 9.59 Å².